The van der Waals surface area contributed by atoms with E-state index in [0.717, 1.165) is 15.7 Å². The van der Waals surface area contributed by atoms with E-state index in [0.29, 0.717) is 5.56 Å². The van der Waals surface area contributed by atoms with Crippen molar-refractivity contribution in [2.75, 3.05) is 12.4 Å². The predicted octanol–water partition coefficient (Wildman–Crippen LogP) is 4.35. The third-order valence-electron chi connectivity index (χ3n) is 3.19. The van der Waals surface area contributed by atoms with Gasteiger partial charge in [0.25, 0.3) is 5.91 Å². The minimum absolute atomic E-state index is 0.0577. The first kappa shape index (κ1) is 15.1. The predicted molar refractivity (Wildman–Crippen MR) is 88.6 cm³/mol. The lowest BCUT2D eigenvalue weighted by molar-refractivity contribution is 0.0962. The van der Waals surface area contributed by atoms with Gasteiger partial charge in [0.2, 0.25) is 0 Å². The average molecular weight is 353 g/mol. The van der Waals surface area contributed by atoms with Crippen LogP contribution in [0.5, 0.6) is 0 Å². The van der Waals surface area contributed by atoms with E-state index in [-0.39, 0.29) is 11.9 Å². The molecule has 20 heavy (non-hydrogen) atoms. The molecule has 0 radical (unpaired) electrons. The molecule has 0 saturated carbocycles. The van der Waals surface area contributed by atoms with Crippen molar-refractivity contribution < 1.29 is 4.79 Å². The number of carbonyl (C=O) groups is 1. The zero-order chi connectivity index (χ0) is 14.7. The number of hydrogen-bond acceptors (Lipinski definition) is 3. The highest BCUT2D eigenvalue weighted by atomic mass is 79.9. The lowest BCUT2D eigenvalue weighted by atomic mass is 10.1. The number of anilines is 1. The van der Waals surface area contributed by atoms with E-state index < -0.39 is 0 Å². The Morgan fingerprint density at radius 3 is 2.75 bits per heavy atom. The van der Waals surface area contributed by atoms with Crippen molar-refractivity contribution in [3.8, 4) is 0 Å². The summed E-state index contributed by atoms with van der Waals surface area (Å²) < 4.78 is 1.10. The van der Waals surface area contributed by atoms with Crippen molar-refractivity contribution in [3.63, 3.8) is 0 Å². The van der Waals surface area contributed by atoms with Gasteiger partial charge in [-0.3, -0.25) is 4.79 Å². The van der Waals surface area contributed by atoms with Crippen LogP contribution in [0.4, 0.5) is 5.69 Å². The summed E-state index contributed by atoms with van der Waals surface area (Å²) in [6.07, 6.45) is 0. The smallest absolute Gasteiger partial charge is 0.251 e. The number of hydrogen-bond donors (Lipinski definition) is 2. The van der Waals surface area contributed by atoms with Crippen LogP contribution in [0.15, 0.2) is 34.1 Å². The Balaban J connectivity index is 2.23. The molecule has 1 aromatic carbocycles. The fraction of sp³-hybridized carbons (Fsp3) is 0.267. The van der Waals surface area contributed by atoms with Crippen molar-refractivity contribution >= 4 is 38.9 Å². The molecule has 0 aliphatic heterocycles. The fourth-order valence-corrected chi connectivity index (χ4v) is 3.49. The Kier molecular flexibility index (Phi) is 4.83. The van der Waals surface area contributed by atoms with Gasteiger partial charge in [-0.2, -0.15) is 0 Å². The molecule has 0 aliphatic rings. The maximum atomic E-state index is 11.8. The summed E-state index contributed by atoms with van der Waals surface area (Å²) in [6.45, 7) is 4.08. The molecule has 0 spiro atoms. The summed E-state index contributed by atoms with van der Waals surface area (Å²) in [6, 6.07) is 8.05. The van der Waals surface area contributed by atoms with Gasteiger partial charge in [-0.15, -0.1) is 11.3 Å². The van der Waals surface area contributed by atoms with Crippen LogP contribution in [0.1, 0.15) is 33.8 Å². The molecule has 0 fully saturated rings. The quantitative estimate of drug-likeness (QED) is 0.858. The van der Waals surface area contributed by atoms with Crippen LogP contribution < -0.4 is 10.6 Å². The normalized spacial score (nSPS) is 12.0. The number of carbonyl (C=O) groups excluding carboxylic acids is 1. The van der Waals surface area contributed by atoms with Crippen LogP contribution in [0.2, 0.25) is 0 Å². The first-order valence-corrected chi connectivity index (χ1v) is 8.02. The Labute approximate surface area is 131 Å². The Morgan fingerprint density at radius 1 is 1.40 bits per heavy atom. The van der Waals surface area contributed by atoms with Crippen LogP contribution >= 0.6 is 27.3 Å². The second-order valence-electron chi connectivity index (χ2n) is 4.59. The molecular weight excluding hydrogens is 336 g/mol. The highest BCUT2D eigenvalue weighted by molar-refractivity contribution is 9.10. The summed E-state index contributed by atoms with van der Waals surface area (Å²) in [5.74, 6) is -0.0577. The molecule has 1 heterocycles. The van der Waals surface area contributed by atoms with E-state index in [9.17, 15) is 4.79 Å². The maximum Gasteiger partial charge on any atom is 0.251 e. The van der Waals surface area contributed by atoms with E-state index in [1.807, 2.05) is 25.1 Å². The van der Waals surface area contributed by atoms with E-state index in [2.05, 4.69) is 44.9 Å². The van der Waals surface area contributed by atoms with Gasteiger partial charge in [0.15, 0.2) is 0 Å². The van der Waals surface area contributed by atoms with Gasteiger partial charge in [-0.1, -0.05) is 6.07 Å². The molecule has 1 aromatic heterocycles. The van der Waals surface area contributed by atoms with Crippen LogP contribution in [0.25, 0.3) is 0 Å². The van der Waals surface area contributed by atoms with E-state index in [1.54, 1.807) is 18.4 Å². The highest BCUT2D eigenvalue weighted by Gasteiger charge is 2.13. The van der Waals surface area contributed by atoms with Crippen LogP contribution in [0.3, 0.4) is 0 Å². The van der Waals surface area contributed by atoms with Crippen molar-refractivity contribution in [1.82, 2.24) is 5.32 Å². The number of benzene rings is 1. The Hall–Kier alpha value is -1.33. The van der Waals surface area contributed by atoms with Crippen LogP contribution in [0, 0.1) is 6.92 Å². The lowest BCUT2D eigenvalue weighted by Gasteiger charge is -2.17. The number of rotatable bonds is 4. The summed E-state index contributed by atoms with van der Waals surface area (Å²) in [5.41, 5.74) is 2.66. The Bertz CT molecular complexity index is 624. The Morgan fingerprint density at radius 2 is 2.15 bits per heavy atom. The highest BCUT2D eigenvalue weighted by Crippen LogP contribution is 2.29. The zero-order valence-electron chi connectivity index (χ0n) is 11.7. The standard InChI is InChI=1S/C15H17BrN2OS/c1-9-12(15(19)17-3)5-4-6-13(9)18-10(2)14-7-11(16)8-20-14/h4-8,10,18H,1-3H3,(H,17,19). The largest absolute Gasteiger partial charge is 0.377 e. The van der Waals surface area contributed by atoms with Crippen LogP contribution in [-0.2, 0) is 0 Å². The first-order chi connectivity index (χ1) is 9.52. The fourth-order valence-electron chi connectivity index (χ4n) is 2.03. The van der Waals surface area contributed by atoms with E-state index in [1.165, 1.54) is 4.88 Å². The van der Waals surface area contributed by atoms with E-state index >= 15 is 0 Å². The average Bonchev–Trinajstić information content (AvgIpc) is 2.87. The first-order valence-electron chi connectivity index (χ1n) is 6.35. The molecule has 106 valence electrons. The number of nitrogens with one attached hydrogen (secondary N) is 2. The molecule has 0 bridgehead atoms. The summed E-state index contributed by atoms with van der Waals surface area (Å²) >= 11 is 5.18. The summed E-state index contributed by atoms with van der Waals surface area (Å²) in [4.78, 5) is 13.1. The number of thiophene rings is 1. The molecule has 5 heteroatoms. The molecule has 3 nitrogen and oxygen atoms in total. The molecule has 0 aliphatic carbocycles. The molecule has 2 rings (SSSR count). The van der Waals surface area contributed by atoms with Crippen molar-refractivity contribution in [2.45, 2.75) is 19.9 Å². The van der Waals surface area contributed by atoms with E-state index in [4.69, 9.17) is 0 Å². The third kappa shape index (κ3) is 3.22. The molecule has 2 aromatic rings. The zero-order valence-corrected chi connectivity index (χ0v) is 14.1. The van der Waals surface area contributed by atoms with Gasteiger partial charge < -0.3 is 10.6 Å². The summed E-state index contributed by atoms with van der Waals surface area (Å²) in [5, 5.41) is 8.21. The molecule has 1 unspecified atom stereocenters. The van der Waals surface area contributed by atoms with Gasteiger partial charge in [-0.25, -0.2) is 0 Å². The number of amides is 1. The number of halogens is 1. The van der Waals surface area contributed by atoms with Gasteiger partial charge >= 0.3 is 0 Å². The molecule has 1 atom stereocenters. The molecule has 0 saturated heterocycles. The van der Waals surface area contributed by atoms with Gasteiger partial charge in [-0.05, 0) is 53.5 Å². The third-order valence-corrected chi connectivity index (χ3v) is 5.07. The molecule has 2 N–H and O–H groups in total. The molecule has 1 amide bonds. The van der Waals surface area contributed by atoms with Gasteiger partial charge in [0, 0.05) is 33.0 Å². The second kappa shape index (κ2) is 6.41. The van der Waals surface area contributed by atoms with Gasteiger partial charge in [0.1, 0.15) is 0 Å². The summed E-state index contributed by atoms with van der Waals surface area (Å²) in [7, 11) is 1.65. The SMILES string of the molecule is CNC(=O)c1cccc(NC(C)c2cc(Br)cs2)c1C. The van der Waals surface area contributed by atoms with Crippen molar-refractivity contribution in [2.24, 2.45) is 0 Å². The maximum absolute atomic E-state index is 11.8. The van der Waals surface area contributed by atoms with Gasteiger partial charge in [0.05, 0.1) is 6.04 Å². The van der Waals surface area contributed by atoms with Crippen LogP contribution in [-0.4, -0.2) is 13.0 Å². The topological polar surface area (TPSA) is 41.1 Å². The molecular formula is C15H17BrN2OS. The lowest BCUT2D eigenvalue weighted by Crippen LogP contribution is -2.19. The second-order valence-corrected chi connectivity index (χ2v) is 6.45. The monoisotopic (exact) mass is 352 g/mol. The minimum atomic E-state index is -0.0577. The minimum Gasteiger partial charge on any atom is -0.377 e. The van der Waals surface area contributed by atoms with Crippen molar-refractivity contribution in [3.05, 3.63) is 50.1 Å². The van der Waals surface area contributed by atoms with Crippen molar-refractivity contribution in [1.29, 1.82) is 0 Å².